The van der Waals surface area contributed by atoms with Gasteiger partial charge in [0.25, 0.3) is 0 Å². The van der Waals surface area contributed by atoms with Gasteiger partial charge in [0.15, 0.2) is 5.82 Å². The van der Waals surface area contributed by atoms with Crippen LogP contribution in [0.15, 0.2) is 36.8 Å². The predicted octanol–water partition coefficient (Wildman–Crippen LogP) is 1.10. The normalized spacial score (nSPS) is 20.5. The Kier molecular flexibility index (Phi) is 4.21. The van der Waals surface area contributed by atoms with Crippen molar-refractivity contribution in [3.63, 3.8) is 0 Å². The molecule has 3 aromatic rings. The van der Waals surface area contributed by atoms with Crippen LogP contribution < -0.4 is 16.0 Å². The zero-order valence-electron chi connectivity index (χ0n) is 14.1. The molecule has 1 fully saturated rings. The SMILES string of the molecule is CC1C(C(N)=O)NCCN1c1ccnc(-c2cnc3ccc(Cl)cn23)n1. The van der Waals surface area contributed by atoms with Crippen molar-refractivity contribution in [1.82, 2.24) is 24.7 Å². The Balaban J connectivity index is 1.72. The lowest BCUT2D eigenvalue weighted by Gasteiger charge is -2.39. The molecule has 134 valence electrons. The van der Waals surface area contributed by atoms with Crippen molar-refractivity contribution in [1.29, 1.82) is 0 Å². The molecule has 2 atom stereocenters. The standard InChI is InChI=1S/C17H18ClN7O/c1-10-15(16(19)26)20-6-7-24(10)14-4-5-21-17(23-14)12-8-22-13-3-2-11(18)9-25(12)13/h2-5,8-10,15,20H,6-7H2,1H3,(H2,19,26). The number of nitrogens with one attached hydrogen (secondary N) is 1. The van der Waals surface area contributed by atoms with E-state index in [1.54, 1.807) is 24.7 Å². The van der Waals surface area contributed by atoms with E-state index in [9.17, 15) is 4.79 Å². The maximum absolute atomic E-state index is 11.6. The largest absolute Gasteiger partial charge is 0.368 e. The average molecular weight is 372 g/mol. The van der Waals surface area contributed by atoms with Gasteiger partial charge in [0.05, 0.1) is 17.3 Å². The number of nitrogens with zero attached hydrogens (tertiary/aromatic N) is 5. The molecule has 1 saturated heterocycles. The van der Waals surface area contributed by atoms with Crippen molar-refractivity contribution in [2.45, 2.75) is 19.0 Å². The van der Waals surface area contributed by atoms with Crippen LogP contribution in [0.1, 0.15) is 6.92 Å². The summed E-state index contributed by atoms with van der Waals surface area (Å²) >= 11 is 6.10. The number of piperazine rings is 1. The van der Waals surface area contributed by atoms with E-state index >= 15 is 0 Å². The van der Waals surface area contributed by atoms with Gasteiger partial charge >= 0.3 is 0 Å². The first kappa shape index (κ1) is 16.7. The molecule has 4 heterocycles. The minimum Gasteiger partial charge on any atom is -0.368 e. The molecule has 8 nitrogen and oxygen atoms in total. The molecule has 0 spiro atoms. The lowest BCUT2D eigenvalue weighted by Crippen LogP contribution is -2.61. The van der Waals surface area contributed by atoms with Crippen LogP contribution in [0, 0.1) is 0 Å². The first-order chi connectivity index (χ1) is 12.5. The van der Waals surface area contributed by atoms with Gasteiger partial charge in [-0.25, -0.2) is 15.0 Å². The molecular weight excluding hydrogens is 354 g/mol. The highest BCUT2D eigenvalue weighted by Crippen LogP contribution is 2.23. The minimum absolute atomic E-state index is 0.111. The van der Waals surface area contributed by atoms with Gasteiger partial charge in [0.2, 0.25) is 5.91 Å². The molecule has 3 N–H and O–H groups in total. The number of rotatable bonds is 3. The lowest BCUT2D eigenvalue weighted by atomic mass is 10.0. The molecule has 0 radical (unpaired) electrons. The third-order valence-corrected chi connectivity index (χ3v) is 4.85. The van der Waals surface area contributed by atoms with Crippen LogP contribution in [-0.2, 0) is 4.79 Å². The van der Waals surface area contributed by atoms with Crippen LogP contribution >= 0.6 is 11.6 Å². The van der Waals surface area contributed by atoms with Crippen LogP contribution in [-0.4, -0.2) is 50.4 Å². The fraction of sp³-hybridized carbons (Fsp3) is 0.294. The first-order valence-corrected chi connectivity index (χ1v) is 8.68. The van der Waals surface area contributed by atoms with Crippen molar-refractivity contribution in [3.8, 4) is 11.5 Å². The molecular formula is C17H18ClN7O. The summed E-state index contributed by atoms with van der Waals surface area (Å²) in [6.45, 7) is 3.33. The third kappa shape index (κ3) is 2.87. The lowest BCUT2D eigenvalue weighted by molar-refractivity contribution is -0.120. The van der Waals surface area contributed by atoms with Crippen molar-refractivity contribution < 1.29 is 4.79 Å². The van der Waals surface area contributed by atoms with E-state index < -0.39 is 6.04 Å². The van der Waals surface area contributed by atoms with Crippen LogP contribution in [0.4, 0.5) is 5.82 Å². The van der Waals surface area contributed by atoms with Crippen molar-refractivity contribution in [2.75, 3.05) is 18.0 Å². The Morgan fingerprint density at radius 2 is 2.19 bits per heavy atom. The van der Waals surface area contributed by atoms with Crippen LogP contribution in [0.5, 0.6) is 0 Å². The van der Waals surface area contributed by atoms with Gasteiger partial charge in [-0.15, -0.1) is 0 Å². The van der Waals surface area contributed by atoms with Gasteiger partial charge in [0, 0.05) is 25.5 Å². The highest BCUT2D eigenvalue weighted by atomic mass is 35.5. The number of primary amides is 1. The topological polar surface area (TPSA) is 101 Å². The molecule has 9 heteroatoms. The number of imidazole rings is 1. The molecule has 0 aromatic carbocycles. The molecule has 0 saturated carbocycles. The third-order valence-electron chi connectivity index (χ3n) is 4.63. The number of aromatic nitrogens is 4. The van der Waals surface area contributed by atoms with E-state index in [0.29, 0.717) is 17.4 Å². The van der Waals surface area contributed by atoms with Crippen LogP contribution in [0.2, 0.25) is 5.02 Å². The second-order valence-electron chi connectivity index (χ2n) is 6.23. The summed E-state index contributed by atoms with van der Waals surface area (Å²) in [7, 11) is 0. The predicted molar refractivity (Wildman–Crippen MR) is 99.0 cm³/mol. The van der Waals surface area contributed by atoms with E-state index in [1.165, 1.54) is 0 Å². The molecule has 3 aromatic heterocycles. The molecule has 1 aliphatic rings. The van der Waals surface area contributed by atoms with Gasteiger partial charge < -0.3 is 16.0 Å². The maximum atomic E-state index is 11.6. The van der Waals surface area contributed by atoms with Crippen LogP contribution in [0.3, 0.4) is 0 Å². The molecule has 0 bridgehead atoms. The molecule has 1 aliphatic heterocycles. The van der Waals surface area contributed by atoms with Gasteiger partial charge in [0.1, 0.15) is 23.2 Å². The summed E-state index contributed by atoms with van der Waals surface area (Å²) in [6, 6.07) is 4.93. The molecule has 1 amide bonds. The number of anilines is 1. The van der Waals surface area contributed by atoms with Crippen molar-refractivity contribution in [2.24, 2.45) is 5.73 Å². The number of fused-ring (bicyclic) bond motifs is 1. The summed E-state index contributed by atoms with van der Waals surface area (Å²) in [4.78, 5) is 27.2. The monoisotopic (exact) mass is 371 g/mol. The zero-order valence-corrected chi connectivity index (χ0v) is 14.9. The Labute approximate surface area is 155 Å². The number of amides is 1. The fourth-order valence-electron chi connectivity index (χ4n) is 3.31. The molecule has 0 aliphatic carbocycles. The fourth-order valence-corrected chi connectivity index (χ4v) is 3.47. The molecule has 2 unspecified atom stereocenters. The Morgan fingerprint density at radius 3 is 3.00 bits per heavy atom. The summed E-state index contributed by atoms with van der Waals surface area (Å²) in [6.07, 6.45) is 5.21. The highest BCUT2D eigenvalue weighted by molar-refractivity contribution is 6.30. The average Bonchev–Trinajstić information content (AvgIpc) is 3.04. The van der Waals surface area contributed by atoms with E-state index in [4.69, 9.17) is 22.3 Å². The van der Waals surface area contributed by atoms with Gasteiger partial charge in [-0.1, -0.05) is 11.6 Å². The Bertz CT molecular complexity index is 973. The van der Waals surface area contributed by atoms with E-state index in [1.807, 2.05) is 23.5 Å². The number of nitrogens with two attached hydrogens (primary N) is 1. The quantitative estimate of drug-likeness (QED) is 0.714. The number of hydrogen-bond donors (Lipinski definition) is 2. The van der Waals surface area contributed by atoms with Gasteiger partial charge in [-0.3, -0.25) is 9.20 Å². The van der Waals surface area contributed by atoms with Gasteiger partial charge in [-0.2, -0.15) is 0 Å². The first-order valence-electron chi connectivity index (χ1n) is 8.30. The van der Waals surface area contributed by atoms with E-state index in [0.717, 1.165) is 23.7 Å². The number of pyridine rings is 1. The number of hydrogen-bond acceptors (Lipinski definition) is 6. The summed E-state index contributed by atoms with van der Waals surface area (Å²) in [5.41, 5.74) is 7.01. The van der Waals surface area contributed by atoms with E-state index in [2.05, 4.69) is 20.2 Å². The zero-order chi connectivity index (χ0) is 18.3. The van der Waals surface area contributed by atoms with Crippen molar-refractivity contribution >= 4 is 29.0 Å². The summed E-state index contributed by atoms with van der Waals surface area (Å²) in [5.74, 6) is 0.916. The molecule has 4 rings (SSSR count). The second kappa shape index (κ2) is 6.54. The van der Waals surface area contributed by atoms with Crippen molar-refractivity contribution in [3.05, 3.63) is 41.8 Å². The van der Waals surface area contributed by atoms with Gasteiger partial charge in [-0.05, 0) is 25.1 Å². The van der Waals surface area contributed by atoms with Crippen LogP contribution in [0.25, 0.3) is 17.2 Å². The summed E-state index contributed by atoms with van der Waals surface area (Å²) in [5, 5.41) is 3.76. The number of halogens is 1. The highest BCUT2D eigenvalue weighted by Gasteiger charge is 2.32. The van der Waals surface area contributed by atoms with E-state index in [-0.39, 0.29) is 11.9 Å². The smallest absolute Gasteiger partial charge is 0.236 e. The number of carbonyl (C=O) groups is 1. The maximum Gasteiger partial charge on any atom is 0.236 e. The summed E-state index contributed by atoms with van der Waals surface area (Å²) < 4.78 is 1.86. The second-order valence-corrected chi connectivity index (χ2v) is 6.66. The Morgan fingerprint density at radius 1 is 1.35 bits per heavy atom. The minimum atomic E-state index is -0.420. The Hall–Kier alpha value is -2.71. The number of carbonyl (C=O) groups excluding carboxylic acids is 1. The molecule has 26 heavy (non-hydrogen) atoms.